The molecule has 30 heavy (non-hydrogen) atoms. The van der Waals surface area contributed by atoms with Gasteiger partial charge in [-0.3, -0.25) is 9.69 Å². The summed E-state index contributed by atoms with van der Waals surface area (Å²) in [7, 11) is -3.48. The van der Waals surface area contributed by atoms with Crippen molar-refractivity contribution in [2.75, 3.05) is 44.2 Å². The molecule has 1 N–H and O–H groups in total. The highest BCUT2D eigenvalue weighted by Gasteiger charge is 2.34. The molecule has 166 valence electrons. The van der Waals surface area contributed by atoms with E-state index in [2.05, 4.69) is 9.97 Å². The molecule has 0 aliphatic carbocycles. The fourth-order valence-electron chi connectivity index (χ4n) is 3.43. The van der Waals surface area contributed by atoms with Crippen LogP contribution < -0.4 is 9.64 Å². The van der Waals surface area contributed by atoms with Crippen LogP contribution in [0.1, 0.15) is 26.7 Å². The Bertz CT molecular complexity index is 868. The van der Waals surface area contributed by atoms with Gasteiger partial charge in [-0.05, 0) is 32.6 Å². The number of sulfonamides is 1. The molecule has 3 heterocycles. The molecule has 11 nitrogen and oxygen atoms in total. The molecule has 0 radical (unpaired) electrons. The Hall–Kier alpha value is -2.47. The van der Waals surface area contributed by atoms with Crippen molar-refractivity contribution in [1.29, 1.82) is 0 Å². The number of rotatable bonds is 6. The van der Waals surface area contributed by atoms with Crippen molar-refractivity contribution in [2.24, 2.45) is 5.92 Å². The van der Waals surface area contributed by atoms with Gasteiger partial charge in [0, 0.05) is 26.2 Å². The Morgan fingerprint density at radius 2 is 1.90 bits per heavy atom. The SMILES string of the molecule is CC(C)S(=O)(=O)N1CCN(c2cnc(OCC3CCN(C(=O)O)CC3)cn2)C(=O)C1. The van der Waals surface area contributed by atoms with Crippen LogP contribution in [0.15, 0.2) is 12.4 Å². The van der Waals surface area contributed by atoms with Crippen LogP contribution in [0.2, 0.25) is 0 Å². The number of amides is 2. The Balaban J connectivity index is 1.51. The Labute approximate surface area is 175 Å². The van der Waals surface area contributed by atoms with Crippen LogP contribution in [-0.2, 0) is 14.8 Å². The molecule has 0 unspecified atom stereocenters. The summed E-state index contributed by atoms with van der Waals surface area (Å²) in [5.74, 6) is 0.579. The highest BCUT2D eigenvalue weighted by atomic mass is 32.2. The van der Waals surface area contributed by atoms with E-state index in [4.69, 9.17) is 9.84 Å². The highest BCUT2D eigenvalue weighted by Crippen LogP contribution is 2.21. The third-order valence-corrected chi connectivity index (χ3v) is 7.61. The van der Waals surface area contributed by atoms with E-state index < -0.39 is 21.4 Å². The summed E-state index contributed by atoms with van der Waals surface area (Å²) in [5.41, 5.74) is 0. The number of carbonyl (C=O) groups is 2. The van der Waals surface area contributed by atoms with Gasteiger partial charge in [0.2, 0.25) is 21.8 Å². The van der Waals surface area contributed by atoms with Crippen LogP contribution in [0, 0.1) is 5.92 Å². The summed E-state index contributed by atoms with van der Waals surface area (Å²) in [5, 5.41) is 8.40. The minimum Gasteiger partial charge on any atom is -0.476 e. The smallest absolute Gasteiger partial charge is 0.407 e. The number of aromatic nitrogens is 2. The number of likely N-dealkylation sites (tertiary alicyclic amines) is 1. The third kappa shape index (κ3) is 4.98. The molecule has 2 saturated heterocycles. The number of carbonyl (C=O) groups excluding carboxylic acids is 1. The lowest BCUT2D eigenvalue weighted by atomic mass is 9.98. The standard InChI is InChI=1S/C18H27N5O6S/c1-13(2)30(27,28)22-7-8-23(17(24)11-22)15-9-20-16(10-19-15)29-12-14-3-5-21(6-4-14)18(25)26/h9-10,13-14H,3-8,11-12H2,1-2H3,(H,25,26). The molecule has 0 spiro atoms. The second-order valence-corrected chi connectivity index (χ2v) is 10.2. The van der Waals surface area contributed by atoms with E-state index in [-0.39, 0.29) is 31.5 Å². The van der Waals surface area contributed by atoms with E-state index in [9.17, 15) is 18.0 Å². The number of hydrogen-bond donors (Lipinski definition) is 1. The molecule has 2 fully saturated rings. The fraction of sp³-hybridized carbons (Fsp3) is 0.667. The number of ether oxygens (including phenoxy) is 1. The van der Waals surface area contributed by atoms with Gasteiger partial charge in [-0.1, -0.05) is 0 Å². The summed E-state index contributed by atoms with van der Waals surface area (Å²) in [6.07, 6.45) is 3.44. The molecule has 0 bridgehead atoms. The third-order valence-electron chi connectivity index (χ3n) is 5.38. The molecule has 0 atom stereocenters. The van der Waals surface area contributed by atoms with E-state index in [0.29, 0.717) is 31.4 Å². The molecule has 0 saturated carbocycles. The van der Waals surface area contributed by atoms with Crippen LogP contribution in [0.5, 0.6) is 5.88 Å². The van der Waals surface area contributed by atoms with Crippen molar-refractivity contribution in [3.8, 4) is 5.88 Å². The van der Waals surface area contributed by atoms with E-state index in [0.717, 1.165) is 12.8 Å². The van der Waals surface area contributed by atoms with Crippen LogP contribution in [0.4, 0.5) is 10.6 Å². The van der Waals surface area contributed by atoms with E-state index in [1.807, 2.05) is 0 Å². The Kier molecular flexibility index (Phi) is 6.76. The van der Waals surface area contributed by atoms with Crippen LogP contribution in [0.3, 0.4) is 0 Å². The van der Waals surface area contributed by atoms with Crippen molar-refractivity contribution >= 4 is 27.8 Å². The summed E-state index contributed by atoms with van der Waals surface area (Å²) < 4.78 is 31.4. The largest absolute Gasteiger partial charge is 0.476 e. The summed E-state index contributed by atoms with van der Waals surface area (Å²) >= 11 is 0. The van der Waals surface area contributed by atoms with Gasteiger partial charge < -0.3 is 14.7 Å². The Morgan fingerprint density at radius 1 is 1.20 bits per heavy atom. The van der Waals surface area contributed by atoms with Crippen molar-refractivity contribution in [1.82, 2.24) is 19.2 Å². The number of carboxylic acid groups (broad SMARTS) is 1. The van der Waals surface area contributed by atoms with Gasteiger partial charge >= 0.3 is 6.09 Å². The maximum absolute atomic E-state index is 12.4. The maximum Gasteiger partial charge on any atom is 0.407 e. The molecule has 1 aromatic heterocycles. The van der Waals surface area contributed by atoms with Crippen molar-refractivity contribution < 1.29 is 27.9 Å². The van der Waals surface area contributed by atoms with Gasteiger partial charge in [0.25, 0.3) is 0 Å². The van der Waals surface area contributed by atoms with Gasteiger partial charge in [-0.25, -0.2) is 23.2 Å². The molecule has 2 aliphatic heterocycles. The van der Waals surface area contributed by atoms with E-state index >= 15 is 0 Å². The second-order valence-electron chi connectivity index (χ2n) is 7.71. The molecule has 3 rings (SSSR count). The van der Waals surface area contributed by atoms with Crippen LogP contribution in [-0.4, -0.2) is 89.3 Å². The molecular formula is C18H27N5O6S. The lowest BCUT2D eigenvalue weighted by Gasteiger charge is -2.33. The first kappa shape index (κ1) is 22.2. The zero-order valence-electron chi connectivity index (χ0n) is 17.1. The van der Waals surface area contributed by atoms with Crippen molar-refractivity contribution in [3.05, 3.63) is 12.4 Å². The molecule has 12 heteroatoms. The number of nitrogens with zero attached hydrogens (tertiary/aromatic N) is 5. The van der Waals surface area contributed by atoms with Crippen LogP contribution in [0.25, 0.3) is 0 Å². The lowest BCUT2D eigenvalue weighted by molar-refractivity contribution is -0.120. The summed E-state index contributed by atoms with van der Waals surface area (Å²) in [4.78, 5) is 34.6. The fourth-order valence-corrected chi connectivity index (χ4v) is 4.65. The normalized spacial score (nSPS) is 19.4. The molecule has 2 aliphatic rings. The van der Waals surface area contributed by atoms with Gasteiger partial charge in [0.05, 0.1) is 30.8 Å². The predicted molar refractivity (Wildman–Crippen MR) is 108 cm³/mol. The topological polar surface area (TPSA) is 133 Å². The summed E-state index contributed by atoms with van der Waals surface area (Å²) in [6.45, 7) is 4.80. The van der Waals surface area contributed by atoms with Gasteiger partial charge in [0.1, 0.15) is 0 Å². The number of piperidine rings is 1. The average molecular weight is 442 g/mol. The maximum atomic E-state index is 12.4. The molecule has 1 aromatic rings. The van der Waals surface area contributed by atoms with Gasteiger partial charge in [0.15, 0.2) is 5.82 Å². The minimum absolute atomic E-state index is 0.210. The van der Waals surface area contributed by atoms with Crippen LogP contribution >= 0.6 is 0 Å². The van der Waals surface area contributed by atoms with E-state index in [1.165, 1.54) is 26.5 Å². The lowest BCUT2D eigenvalue weighted by Crippen LogP contribution is -2.53. The molecule has 0 aromatic carbocycles. The van der Waals surface area contributed by atoms with Crippen molar-refractivity contribution in [2.45, 2.75) is 31.9 Å². The number of anilines is 1. The zero-order chi connectivity index (χ0) is 21.9. The first-order valence-corrected chi connectivity index (χ1v) is 11.4. The first-order valence-electron chi connectivity index (χ1n) is 9.90. The molecular weight excluding hydrogens is 414 g/mol. The van der Waals surface area contributed by atoms with Crippen molar-refractivity contribution in [3.63, 3.8) is 0 Å². The van der Waals surface area contributed by atoms with Gasteiger partial charge in [-0.2, -0.15) is 4.31 Å². The summed E-state index contributed by atoms with van der Waals surface area (Å²) in [6, 6.07) is 0. The monoisotopic (exact) mass is 441 g/mol. The number of hydrogen-bond acceptors (Lipinski definition) is 7. The zero-order valence-corrected chi connectivity index (χ0v) is 17.9. The molecule has 2 amide bonds. The van der Waals surface area contributed by atoms with Gasteiger partial charge in [-0.15, -0.1) is 0 Å². The predicted octanol–water partition coefficient (Wildman–Crippen LogP) is 0.632. The quantitative estimate of drug-likeness (QED) is 0.680. The highest BCUT2D eigenvalue weighted by molar-refractivity contribution is 7.89. The minimum atomic E-state index is -3.48. The van der Waals surface area contributed by atoms with E-state index in [1.54, 1.807) is 13.8 Å². The first-order chi connectivity index (χ1) is 14.2. The Morgan fingerprint density at radius 3 is 2.43 bits per heavy atom. The second kappa shape index (κ2) is 9.13. The average Bonchev–Trinajstić information content (AvgIpc) is 2.72. The number of piperazine rings is 1.